The Hall–Kier alpha value is -3.07. The van der Waals surface area contributed by atoms with Gasteiger partial charge in [-0.3, -0.25) is 5.01 Å². The fourth-order valence-corrected chi connectivity index (χ4v) is 2.38. The van der Waals surface area contributed by atoms with Crippen molar-refractivity contribution in [1.82, 2.24) is 0 Å². The summed E-state index contributed by atoms with van der Waals surface area (Å²) in [5.41, 5.74) is 3.31. The molecule has 0 unspecified atom stereocenters. The van der Waals surface area contributed by atoms with Crippen LogP contribution in [0.3, 0.4) is 0 Å². The van der Waals surface area contributed by atoms with Crippen LogP contribution in [0.15, 0.2) is 90.0 Å². The largest absolute Gasteiger partial charge is 0.497 e. The van der Waals surface area contributed by atoms with Crippen molar-refractivity contribution in [2.75, 3.05) is 12.1 Å². The van der Waals surface area contributed by atoms with Crippen LogP contribution in [0.2, 0.25) is 0 Å². The van der Waals surface area contributed by atoms with Crippen LogP contribution in [0.25, 0.3) is 0 Å². The number of ether oxygens (including phenoxy) is 1. The molecule has 0 aromatic heterocycles. The molecule has 3 aromatic carbocycles. The zero-order valence-corrected chi connectivity index (χ0v) is 13.7. The molecule has 0 heterocycles. The first-order valence-corrected chi connectivity index (χ1v) is 7.90. The van der Waals surface area contributed by atoms with Gasteiger partial charge in [-0.2, -0.15) is 5.10 Å². The second-order valence-corrected chi connectivity index (χ2v) is 5.40. The molecule has 0 amide bonds. The average molecular weight is 316 g/mol. The van der Waals surface area contributed by atoms with Crippen molar-refractivity contribution in [2.45, 2.75) is 6.54 Å². The number of benzene rings is 3. The van der Waals surface area contributed by atoms with E-state index in [1.165, 1.54) is 5.56 Å². The molecule has 0 aliphatic carbocycles. The third-order valence-corrected chi connectivity index (χ3v) is 3.69. The van der Waals surface area contributed by atoms with E-state index >= 15 is 0 Å². The molecular weight excluding hydrogens is 296 g/mol. The van der Waals surface area contributed by atoms with E-state index in [0.717, 1.165) is 23.5 Å². The van der Waals surface area contributed by atoms with Gasteiger partial charge in [-0.15, -0.1) is 0 Å². The second kappa shape index (κ2) is 7.97. The van der Waals surface area contributed by atoms with E-state index in [-0.39, 0.29) is 0 Å². The summed E-state index contributed by atoms with van der Waals surface area (Å²) < 4.78 is 5.19. The predicted molar refractivity (Wildman–Crippen MR) is 99.7 cm³/mol. The van der Waals surface area contributed by atoms with Crippen LogP contribution < -0.4 is 9.75 Å². The van der Waals surface area contributed by atoms with E-state index in [0.29, 0.717) is 0 Å². The Morgan fingerprint density at radius 3 is 2.08 bits per heavy atom. The first-order valence-electron chi connectivity index (χ1n) is 7.90. The van der Waals surface area contributed by atoms with Crippen LogP contribution in [-0.2, 0) is 6.54 Å². The molecule has 120 valence electrons. The van der Waals surface area contributed by atoms with Crippen LogP contribution in [0.4, 0.5) is 5.69 Å². The standard InChI is InChI=1S/C21H20N2O/c1-24-21-14-12-18(13-15-21)16-22-23(20-10-6-3-7-11-20)17-19-8-4-2-5-9-19/h2-16H,17H2,1H3. The minimum Gasteiger partial charge on any atom is -0.497 e. The Morgan fingerprint density at radius 1 is 0.833 bits per heavy atom. The number of anilines is 1. The van der Waals surface area contributed by atoms with Crippen LogP contribution in [0.5, 0.6) is 5.75 Å². The summed E-state index contributed by atoms with van der Waals surface area (Å²) in [4.78, 5) is 0. The molecule has 3 nitrogen and oxygen atoms in total. The van der Waals surface area contributed by atoms with Crippen LogP contribution in [-0.4, -0.2) is 13.3 Å². The zero-order valence-electron chi connectivity index (χ0n) is 13.7. The van der Waals surface area contributed by atoms with Crippen molar-refractivity contribution in [1.29, 1.82) is 0 Å². The molecule has 0 radical (unpaired) electrons. The highest BCUT2D eigenvalue weighted by Crippen LogP contribution is 2.17. The van der Waals surface area contributed by atoms with Crippen molar-refractivity contribution in [3.8, 4) is 5.75 Å². The van der Waals surface area contributed by atoms with Gasteiger partial charge in [0.05, 0.1) is 25.6 Å². The minimum absolute atomic E-state index is 0.720. The van der Waals surface area contributed by atoms with Gasteiger partial charge in [-0.05, 0) is 47.5 Å². The van der Waals surface area contributed by atoms with Gasteiger partial charge < -0.3 is 4.74 Å². The third-order valence-electron chi connectivity index (χ3n) is 3.69. The Kier molecular flexibility index (Phi) is 5.25. The van der Waals surface area contributed by atoms with Crippen molar-refractivity contribution in [2.24, 2.45) is 5.10 Å². The molecule has 0 spiro atoms. The van der Waals surface area contributed by atoms with Crippen molar-refractivity contribution < 1.29 is 4.74 Å². The first-order chi connectivity index (χ1) is 11.8. The minimum atomic E-state index is 0.720. The summed E-state index contributed by atoms with van der Waals surface area (Å²) in [6, 6.07) is 28.4. The molecule has 0 fully saturated rings. The van der Waals surface area contributed by atoms with E-state index in [1.807, 2.05) is 71.9 Å². The Balaban J connectivity index is 1.82. The molecule has 3 aromatic rings. The van der Waals surface area contributed by atoms with Crippen molar-refractivity contribution in [3.63, 3.8) is 0 Å². The lowest BCUT2D eigenvalue weighted by atomic mass is 10.2. The highest BCUT2D eigenvalue weighted by atomic mass is 16.5. The Labute approximate surface area is 142 Å². The quantitative estimate of drug-likeness (QED) is 0.485. The van der Waals surface area contributed by atoms with E-state index < -0.39 is 0 Å². The van der Waals surface area contributed by atoms with Gasteiger partial charge in [0.2, 0.25) is 0 Å². The lowest BCUT2D eigenvalue weighted by Crippen LogP contribution is -2.15. The molecule has 0 atom stereocenters. The average Bonchev–Trinajstić information content (AvgIpc) is 2.67. The van der Waals surface area contributed by atoms with E-state index in [2.05, 4.69) is 29.4 Å². The SMILES string of the molecule is COc1ccc(C=NN(Cc2ccccc2)c2ccccc2)cc1. The first kappa shape index (κ1) is 15.8. The maximum atomic E-state index is 5.19. The molecule has 0 saturated heterocycles. The highest BCUT2D eigenvalue weighted by Gasteiger charge is 2.05. The summed E-state index contributed by atoms with van der Waals surface area (Å²) >= 11 is 0. The molecule has 0 saturated carbocycles. The maximum Gasteiger partial charge on any atom is 0.118 e. The fraction of sp³-hybridized carbons (Fsp3) is 0.0952. The fourth-order valence-electron chi connectivity index (χ4n) is 2.38. The molecule has 0 aliphatic rings. The molecular formula is C21H20N2O. The van der Waals surface area contributed by atoms with E-state index in [1.54, 1.807) is 7.11 Å². The normalized spacial score (nSPS) is 10.7. The van der Waals surface area contributed by atoms with Gasteiger partial charge >= 0.3 is 0 Å². The molecule has 0 N–H and O–H groups in total. The number of rotatable bonds is 6. The summed E-state index contributed by atoms with van der Waals surface area (Å²) in [5.74, 6) is 0.844. The van der Waals surface area contributed by atoms with Crippen molar-refractivity contribution in [3.05, 3.63) is 96.1 Å². The van der Waals surface area contributed by atoms with Gasteiger partial charge in [0, 0.05) is 0 Å². The lowest BCUT2D eigenvalue weighted by molar-refractivity contribution is 0.415. The second-order valence-electron chi connectivity index (χ2n) is 5.40. The van der Waals surface area contributed by atoms with Crippen molar-refractivity contribution >= 4 is 11.9 Å². The number of para-hydroxylation sites is 1. The smallest absolute Gasteiger partial charge is 0.118 e. The van der Waals surface area contributed by atoms with Crippen LogP contribution in [0.1, 0.15) is 11.1 Å². The molecule has 3 rings (SSSR count). The predicted octanol–water partition coefficient (Wildman–Crippen LogP) is 4.74. The number of hydrogen-bond donors (Lipinski definition) is 0. The summed E-state index contributed by atoms with van der Waals surface area (Å²) in [6.45, 7) is 0.720. The number of hydrazone groups is 1. The summed E-state index contributed by atoms with van der Waals surface area (Å²) in [5, 5.41) is 6.68. The van der Waals surface area contributed by atoms with E-state index in [9.17, 15) is 0 Å². The zero-order chi connectivity index (χ0) is 16.6. The van der Waals surface area contributed by atoms with Gasteiger partial charge in [-0.25, -0.2) is 0 Å². The number of nitrogens with zero attached hydrogens (tertiary/aromatic N) is 2. The lowest BCUT2D eigenvalue weighted by Gasteiger charge is -2.19. The summed E-state index contributed by atoms with van der Waals surface area (Å²) in [6.07, 6.45) is 1.87. The van der Waals surface area contributed by atoms with Gasteiger partial charge in [0.15, 0.2) is 0 Å². The van der Waals surface area contributed by atoms with Gasteiger partial charge in [-0.1, -0.05) is 48.5 Å². The summed E-state index contributed by atoms with van der Waals surface area (Å²) in [7, 11) is 1.67. The van der Waals surface area contributed by atoms with Gasteiger partial charge in [0.1, 0.15) is 5.75 Å². The Bertz CT molecular complexity index is 768. The van der Waals surface area contributed by atoms with Gasteiger partial charge in [0.25, 0.3) is 0 Å². The molecule has 0 aliphatic heterocycles. The van der Waals surface area contributed by atoms with Crippen LogP contribution >= 0.6 is 0 Å². The highest BCUT2D eigenvalue weighted by molar-refractivity contribution is 5.80. The van der Waals surface area contributed by atoms with Crippen LogP contribution in [0, 0.1) is 0 Å². The topological polar surface area (TPSA) is 24.8 Å². The van der Waals surface area contributed by atoms with E-state index in [4.69, 9.17) is 4.74 Å². The Morgan fingerprint density at radius 2 is 1.46 bits per heavy atom. The maximum absolute atomic E-state index is 5.19. The molecule has 24 heavy (non-hydrogen) atoms. The number of methoxy groups -OCH3 is 1. The molecule has 3 heteroatoms. The monoisotopic (exact) mass is 316 g/mol. The number of hydrogen-bond acceptors (Lipinski definition) is 3. The molecule has 0 bridgehead atoms. The third kappa shape index (κ3) is 4.23.